The summed E-state index contributed by atoms with van der Waals surface area (Å²) < 4.78 is 5.34. The highest BCUT2D eigenvalue weighted by Crippen LogP contribution is 2.27. The van der Waals surface area contributed by atoms with Gasteiger partial charge in [-0.1, -0.05) is 32.6 Å². The molecule has 1 saturated carbocycles. The Morgan fingerprint density at radius 2 is 1.89 bits per heavy atom. The molecule has 19 heavy (non-hydrogen) atoms. The van der Waals surface area contributed by atoms with Gasteiger partial charge in [0.05, 0.1) is 6.61 Å². The van der Waals surface area contributed by atoms with Crippen molar-refractivity contribution in [2.45, 2.75) is 64.0 Å². The van der Waals surface area contributed by atoms with E-state index in [1.54, 1.807) is 0 Å². The average molecular weight is 268 g/mol. The maximum absolute atomic E-state index is 5.34. The Labute approximate surface area is 119 Å². The van der Waals surface area contributed by atoms with Crippen LogP contribution in [0, 0.1) is 5.92 Å². The second-order valence-corrected chi connectivity index (χ2v) is 6.33. The topological polar surface area (TPSA) is 24.5 Å². The first-order chi connectivity index (χ1) is 9.35. The summed E-state index contributed by atoms with van der Waals surface area (Å²) in [4.78, 5) is 2.75. The molecule has 0 spiro atoms. The molecule has 3 unspecified atom stereocenters. The molecule has 1 saturated heterocycles. The highest BCUT2D eigenvalue weighted by molar-refractivity contribution is 4.89. The minimum absolute atomic E-state index is 0.714. The van der Waals surface area contributed by atoms with Crippen molar-refractivity contribution in [3.8, 4) is 0 Å². The van der Waals surface area contributed by atoms with Crippen LogP contribution < -0.4 is 5.32 Å². The van der Waals surface area contributed by atoms with E-state index >= 15 is 0 Å². The summed E-state index contributed by atoms with van der Waals surface area (Å²) in [5.41, 5.74) is 0. The fourth-order valence-corrected chi connectivity index (χ4v) is 3.94. The third-order valence-corrected chi connectivity index (χ3v) is 4.88. The third-order valence-electron chi connectivity index (χ3n) is 4.88. The smallest absolute Gasteiger partial charge is 0.0503 e. The maximum atomic E-state index is 5.34. The number of hydrogen-bond donors (Lipinski definition) is 1. The van der Waals surface area contributed by atoms with Gasteiger partial charge in [-0.3, -0.25) is 4.90 Å². The van der Waals surface area contributed by atoms with E-state index < -0.39 is 0 Å². The highest BCUT2D eigenvalue weighted by Gasteiger charge is 2.32. The van der Waals surface area contributed by atoms with E-state index in [0.29, 0.717) is 6.04 Å². The Kier molecular flexibility index (Phi) is 6.62. The monoisotopic (exact) mass is 268 g/mol. The molecule has 1 aliphatic heterocycles. The molecule has 0 aromatic heterocycles. The van der Waals surface area contributed by atoms with Gasteiger partial charge in [0, 0.05) is 25.7 Å². The molecule has 0 aromatic rings. The second kappa shape index (κ2) is 8.23. The van der Waals surface area contributed by atoms with Gasteiger partial charge in [0.1, 0.15) is 0 Å². The zero-order chi connectivity index (χ0) is 13.5. The first-order valence-electron chi connectivity index (χ1n) is 8.31. The minimum Gasteiger partial charge on any atom is -0.384 e. The number of nitrogens with zero attached hydrogens (tertiary/aromatic N) is 1. The molecular formula is C16H32N2O. The lowest BCUT2D eigenvalue weighted by atomic mass is 9.91. The van der Waals surface area contributed by atoms with Crippen LogP contribution in [0.5, 0.6) is 0 Å². The van der Waals surface area contributed by atoms with Crippen molar-refractivity contribution in [1.29, 1.82) is 0 Å². The first-order valence-corrected chi connectivity index (χ1v) is 8.31. The van der Waals surface area contributed by atoms with Crippen LogP contribution in [0.1, 0.15) is 51.9 Å². The van der Waals surface area contributed by atoms with Crippen LogP contribution in [0.4, 0.5) is 0 Å². The number of likely N-dealkylation sites (N-methyl/N-ethyl adjacent to an activating group) is 1. The van der Waals surface area contributed by atoms with Crippen molar-refractivity contribution in [3.05, 3.63) is 0 Å². The standard InChI is InChI=1S/C16H32N2O/c1-3-17-15-8-6-4-5-7-9-16(15)18-11-10-14(12-18)13-19-2/h14-17H,3-13H2,1-2H3. The highest BCUT2D eigenvalue weighted by atomic mass is 16.5. The summed E-state index contributed by atoms with van der Waals surface area (Å²) in [5, 5.41) is 3.75. The predicted octanol–water partition coefficient (Wildman–Crippen LogP) is 2.66. The lowest BCUT2D eigenvalue weighted by Crippen LogP contribution is -2.49. The van der Waals surface area contributed by atoms with E-state index in [2.05, 4.69) is 17.1 Å². The number of hydrogen-bond acceptors (Lipinski definition) is 3. The van der Waals surface area contributed by atoms with Gasteiger partial charge < -0.3 is 10.1 Å². The number of ether oxygens (including phenoxy) is 1. The molecule has 0 amide bonds. The molecule has 3 atom stereocenters. The number of methoxy groups -OCH3 is 1. The Hall–Kier alpha value is -0.120. The molecule has 1 N–H and O–H groups in total. The molecule has 3 heteroatoms. The molecule has 2 rings (SSSR count). The summed E-state index contributed by atoms with van der Waals surface area (Å²) in [6.45, 7) is 6.82. The van der Waals surface area contributed by atoms with Gasteiger partial charge in [-0.15, -0.1) is 0 Å². The zero-order valence-electron chi connectivity index (χ0n) is 12.9. The van der Waals surface area contributed by atoms with E-state index in [-0.39, 0.29) is 0 Å². The first kappa shape index (κ1) is 15.3. The number of rotatable bonds is 5. The minimum atomic E-state index is 0.714. The molecule has 1 heterocycles. The van der Waals surface area contributed by atoms with Crippen LogP contribution in [0.25, 0.3) is 0 Å². The maximum Gasteiger partial charge on any atom is 0.0503 e. The fraction of sp³-hybridized carbons (Fsp3) is 1.00. The molecule has 0 bridgehead atoms. The van der Waals surface area contributed by atoms with Gasteiger partial charge in [-0.25, -0.2) is 0 Å². The quantitative estimate of drug-likeness (QED) is 0.829. The van der Waals surface area contributed by atoms with Gasteiger partial charge in [-0.05, 0) is 38.3 Å². The SMILES string of the molecule is CCNC1CCCCCCC1N1CCC(COC)C1. The van der Waals surface area contributed by atoms with Crippen molar-refractivity contribution in [1.82, 2.24) is 10.2 Å². The second-order valence-electron chi connectivity index (χ2n) is 6.33. The van der Waals surface area contributed by atoms with Gasteiger partial charge in [0.25, 0.3) is 0 Å². The molecular weight excluding hydrogens is 236 g/mol. The molecule has 112 valence electrons. The molecule has 0 aromatic carbocycles. The van der Waals surface area contributed by atoms with Gasteiger partial charge in [0.15, 0.2) is 0 Å². The Balaban J connectivity index is 1.92. The summed E-state index contributed by atoms with van der Waals surface area (Å²) >= 11 is 0. The molecule has 1 aliphatic carbocycles. The van der Waals surface area contributed by atoms with E-state index in [0.717, 1.165) is 25.1 Å². The van der Waals surface area contributed by atoms with Crippen LogP contribution in [0.3, 0.4) is 0 Å². The van der Waals surface area contributed by atoms with Crippen LogP contribution in [0.2, 0.25) is 0 Å². The van der Waals surface area contributed by atoms with Crippen LogP contribution in [0.15, 0.2) is 0 Å². The third kappa shape index (κ3) is 4.44. The fourth-order valence-electron chi connectivity index (χ4n) is 3.94. The zero-order valence-corrected chi connectivity index (χ0v) is 12.9. The summed E-state index contributed by atoms with van der Waals surface area (Å²) in [6, 6.07) is 1.48. The van der Waals surface area contributed by atoms with E-state index in [1.165, 1.54) is 58.0 Å². The summed E-state index contributed by atoms with van der Waals surface area (Å²) in [7, 11) is 1.83. The molecule has 2 fully saturated rings. The Morgan fingerprint density at radius 3 is 2.63 bits per heavy atom. The van der Waals surface area contributed by atoms with Crippen molar-refractivity contribution < 1.29 is 4.74 Å². The lowest BCUT2D eigenvalue weighted by molar-refractivity contribution is 0.129. The van der Waals surface area contributed by atoms with Gasteiger partial charge >= 0.3 is 0 Å². The van der Waals surface area contributed by atoms with Crippen molar-refractivity contribution >= 4 is 0 Å². The molecule has 2 aliphatic rings. The molecule has 0 radical (unpaired) electrons. The average Bonchev–Trinajstić information content (AvgIpc) is 2.82. The van der Waals surface area contributed by atoms with Crippen molar-refractivity contribution in [3.63, 3.8) is 0 Å². The number of likely N-dealkylation sites (tertiary alicyclic amines) is 1. The van der Waals surface area contributed by atoms with Gasteiger partial charge in [0.2, 0.25) is 0 Å². The van der Waals surface area contributed by atoms with Crippen molar-refractivity contribution in [2.24, 2.45) is 5.92 Å². The summed E-state index contributed by atoms with van der Waals surface area (Å²) in [6.07, 6.45) is 9.76. The largest absolute Gasteiger partial charge is 0.384 e. The Bertz CT molecular complexity index is 247. The normalized spacial score (nSPS) is 34.1. The van der Waals surface area contributed by atoms with E-state index in [9.17, 15) is 0 Å². The lowest BCUT2D eigenvalue weighted by Gasteiger charge is -2.36. The van der Waals surface area contributed by atoms with E-state index in [1.807, 2.05) is 7.11 Å². The number of nitrogens with one attached hydrogen (secondary N) is 1. The van der Waals surface area contributed by atoms with Gasteiger partial charge in [-0.2, -0.15) is 0 Å². The van der Waals surface area contributed by atoms with Crippen LogP contribution in [-0.2, 0) is 4.74 Å². The van der Waals surface area contributed by atoms with E-state index in [4.69, 9.17) is 4.74 Å². The molecule has 3 nitrogen and oxygen atoms in total. The Morgan fingerprint density at radius 1 is 1.11 bits per heavy atom. The van der Waals surface area contributed by atoms with Crippen LogP contribution >= 0.6 is 0 Å². The predicted molar refractivity (Wildman–Crippen MR) is 80.5 cm³/mol. The van der Waals surface area contributed by atoms with Crippen molar-refractivity contribution in [2.75, 3.05) is 33.4 Å². The van der Waals surface area contributed by atoms with Crippen LogP contribution in [-0.4, -0.2) is 50.3 Å². The summed E-state index contributed by atoms with van der Waals surface area (Å²) in [5.74, 6) is 0.762.